The van der Waals surface area contributed by atoms with Crippen molar-refractivity contribution in [1.82, 2.24) is 9.78 Å². The van der Waals surface area contributed by atoms with Crippen molar-refractivity contribution < 1.29 is 4.74 Å². The smallest absolute Gasteiger partial charge is 0.132 e. The number of rotatable bonds is 2. The summed E-state index contributed by atoms with van der Waals surface area (Å²) < 4.78 is 7.25. The zero-order valence-electron chi connectivity index (χ0n) is 9.81. The number of benzene rings is 1. The molecule has 5 nitrogen and oxygen atoms in total. The van der Waals surface area contributed by atoms with Crippen LogP contribution >= 0.6 is 0 Å². The van der Waals surface area contributed by atoms with Crippen molar-refractivity contribution in [2.24, 2.45) is 5.73 Å². The minimum atomic E-state index is 0.296. The number of nitrogens with zero attached hydrogens (tertiary/aromatic N) is 2. The van der Waals surface area contributed by atoms with Gasteiger partial charge in [-0.25, -0.2) is 4.68 Å². The Kier molecular flexibility index (Phi) is 2.40. The molecule has 0 saturated carbocycles. The first-order valence-corrected chi connectivity index (χ1v) is 5.83. The van der Waals surface area contributed by atoms with Gasteiger partial charge in [-0.3, -0.25) is 0 Å². The van der Waals surface area contributed by atoms with Gasteiger partial charge >= 0.3 is 0 Å². The molecule has 1 aliphatic rings. The normalized spacial score (nSPS) is 18.8. The summed E-state index contributed by atoms with van der Waals surface area (Å²) in [6.45, 7) is 1.57. The quantitative estimate of drug-likeness (QED) is 0.820. The molecule has 2 heterocycles. The van der Waals surface area contributed by atoms with E-state index in [2.05, 4.69) is 10.4 Å². The highest BCUT2D eigenvalue weighted by Crippen LogP contribution is 2.32. The summed E-state index contributed by atoms with van der Waals surface area (Å²) >= 11 is 0. The Morgan fingerprint density at radius 3 is 3.24 bits per heavy atom. The lowest BCUT2D eigenvalue weighted by Crippen LogP contribution is -2.28. The van der Waals surface area contributed by atoms with Crippen molar-refractivity contribution in [3.63, 3.8) is 0 Å². The third-order valence-electron chi connectivity index (χ3n) is 3.29. The number of fused-ring (bicyclic) bond motifs is 3. The first-order chi connectivity index (χ1) is 8.33. The fourth-order valence-corrected chi connectivity index (χ4v) is 2.35. The van der Waals surface area contributed by atoms with Crippen LogP contribution in [-0.4, -0.2) is 30.0 Å². The second kappa shape index (κ2) is 3.92. The van der Waals surface area contributed by atoms with E-state index in [9.17, 15) is 0 Å². The Morgan fingerprint density at radius 1 is 1.59 bits per heavy atom. The van der Waals surface area contributed by atoms with E-state index in [1.165, 1.54) is 0 Å². The fraction of sp³-hybridized carbons (Fsp3) is 0.417. The lowest BCUT2D eigenvalue weighted by Gasteiger charge is -2.24. The molecule has 1 aliphatic heterocycles. The van der Waals surface area contributed by atoms with Gasteiger partial charge in [-0.2, -0.15) is 5.10 Å². The van der Waals surface area contributed by atoms with Crippen LogP contribution in [-0.2, 0) is 0 Å². The van der Waals surface area contributed by atoms with Crippen LogP contribution in [0.25, 0.3) is 10.9 Å². The molecule has 90 valence electrons. The van der Waals surface area contributed by atoms with E-state index in [0.717, 1.165) is 35.4 Å². The first kappa shape index (κ1) is 10.4. The molecule has 0 saturated heterocycles. The zero-order chi connectivity index (χ0) is 11.8. The molecule has 1 aromatic carbocycles. The van der Waals surface area contributed by atoms with Gasteiger partial charge in [0.25, 0.3) is 0 Å². The van der Waals surface area contributed by atoms with Crippen LogP contribution in [0.5, 0.6) is 5.75 Å². The minimum Gasteiger partial charge on any atom is -0.497 e. The second-order valence-corrected chi connectivity index (χ2v) is 4.28. The lowest BCUT2D eigenvalue weighted by molar-refractivity contribution is 0.415. The van der Waals surface area contributed by atoms with Crippen LogP contribution in [0.4, 0.5) is 5.82 Å². The average Bonchev–Trinajstić information content (AvgIpc) is 2.76. The molecule has 2 aromatic rings. The van der Waals surface area contributed by atoms with Gasteiger partial charge in [0.15, 0.2) is 0 Å². The Hall–Kier alpha value is -1.75. The molecule has 1 atom stereocenters. The highest BCUT2D eigenvalue weighted by atomic mass is 16.5. The molecule has 0 fully saturated rings. The predicted octanol–water partition coefficient (Wildman–Crippen LogP) is 1.36. The van der Waals surface area contributed by atoms with Crippen molar-refractivity contribution in [3.05, 3.63) is 18.2 Å². The number of hydrogen-bond donors (Lipinski definition) is 2. The van der Waals surface area contributed by atoms with Gasteiger partial charge in [0.05, 0.1) is 18.7 Å². The molecule has 17 heavy (non-hydrogen) atoms. The number of anilines is 1. The molecule has 3 N–H and O–H groups in total. The fourth-order valence-electron chi connectivity index (χ4n) is 2.35. The van der Waals surface area contributed by atoms with E-state index >= 15 is 0 Å². The van der Waals surface area contributed by atoms with Crippen molar-refractivity contribution >= 4 is 16.7 Å². The van der Waals surface area contributed by atoms with Crippen LogP contribution in [0.15, 0.2) is 18.2 Å². The Morgan fingerprint density at radius 2 is 2.47 bits per heavy atom. The monoisotopic (exact) mass is 232 g/mol. The summed E-state index contributed by atoms with van der Waals surface area (Å²) in [5, 5.41) is 9.09. The third kappa shape index (κ3) is 1.54. The van der Waals surface area contributed by atoms with E-state index < -0.39 is 0 Å². The maximum Gasteiger partial charge on any atom is 0.132 e. The second-order valence-electron chi connectivity index (χ2n) is 4.28. The summed E-state index contributed by atoms with van der Waals surface area (Å²) in [6.07, 6.45) is 1.02. The number of aromatic nitrogens is 2. The van der Waals surface area contributed by atoms with Gasteiger partial charge in [0, 0.05) is 18.5 Å². The van der Waals surface area contributed by atoms with Crippen LogP contribution in [0.3, 0.4) is 0 Å². The van der Waals surface area contributed by atoms with Crippen molar-refractivity contribution in [3.8, 4) is 5.75 Å². The maximum absolute atomic E-state index is 5.78. The number of nitrogens with two attached hydrogens (primary N) is 1. The topological polar surface area (TPSA) is 65.1 Å². The maximum atomic E-state index is 5.78. The molecule has 5 heteroatoms. The summed E-state index contributed by atoms with van der Waals surface area (Å²) in [5.41, 5.74) is 6.76. The van der Waals surface area contributed by atoms with E-state index in [0.29, 0.717) is 12.6 Å². The Balaban J connectivity index is 2.20. The molecule has 0 amide bonds. The summed E-state index contributed by atoms with van der Waals surface area (Å²) in [7, 11) is 1.67. The van der Waals surface area contributed by atoms with E-state index in [1.807, 2.05) is 22.9 Å². The molecule has 3 rings (SSSR count). The van der Waals surface area contributed by atoms with Crippen molar-refractivity contribution in [2.45, 2.75) is 12.5 Å². The van der Waals surface area contributed by atoms with Gasteiger partial charge < -0.3 is 15.8 Å². The van der Waals surface area contributed by atoms with Gasteiger partial charge in [-0.05, 0) is 24.6 Å². The van der Waals surface area contributed by atoms with E-state index in [1.54, 1.807) is 7.11 Å². The largest absolute Gasteiger partial charge is 0.497 e. The van der Waals surface area contributed by atoms with Gasteiger partial charge in [0.1, 0.15) is 11.6 Å². The van der Waals surface area contributed by atoms with Crippen LogP contribution in [0.2, 0.25) is 0 Å². The van der Waals surface area contributed by atoms with Crippen LogP contribution in [0.1, 0.15) is 12.5 Å². The molecule has 0 bridgehead atoms. The summed E-state index contributed by atoms with van der Waals surface area (Å²) in [4.78, 5) is 0. The van der Waals surface area contributed by atoms with E-state index in [-0.39, 0.29) is 0 Å². The SMILES string of the molecule is COc1ccc2nn3c(c2c1)NCCC3CN. The number of hydrogen-bond acceptors (Lipinski definition) is 4. The highest BCUT2D eigenvalue weighted by Gasteiger charge is 2.22. The first-order valence-electron chi connectivity index (χ1n) is 5.83. The highest BCUT2D eigenvalue weighted by molar-refractivity contribution is 5.91. The molecule has 1 unspecified atom stereocenters. The Bertz CT molecular complexity index is 549. The Labute approximate surface area is 99.5 Å². The van der Waals surface area contributed by atoms with Gasteiger partial charge in [0.2, 0.25) is 0 Å². The standard InChI is InChI=1S/C12H16N4O/c1-17-9-2-3-11-10(6-9)12-14-5-4-8(7-13)16(12)15-11/h2-3,6,8,14H,4-5,7,13H2,1H3. The summed E-state index contributed by atoms with van der Waals surface area (Å²) in [5.74, 6) is 1.91. The number of methoxy groups -OCH3 is 1. The minimum absolute atomic E-state index is 0.296. The average molecular weight is 232 g/mol. The van der Waals surface area contributed by atoms with Crippen molar-refractivity contribution in [1.29, 1.82) is 0 Å². The molecule has 1 aromatic heterocycles. The van der Waals surface area contributed by atoms with Crippen molar-refractivity contribution in [2.75, 3.05) is 25.5 Å². The van der Waals surface area contributed by atoms with Crippen LogP contribution < -0.4 is 15.8 Å². The molecular formula is C12H16N4O. The van der Waals surface area contributed by atoms with Crippen LogP contribution in [0, 0.1) is 0 Å². The van der Waals surface area contributed by atoms with Gasteiger partial charge in [-0.15, -0.1) is 0 Å². The molecular weight excluding hydrogens is 216 g/mol. The van der Waals surface area contributed by atoms with E-state index in [4.69, 9.17) is 10.5 Å². The lowest BCUT2D eigenvalue weighted by atomic mass is 10.1. The molecule has 0 spiro atoms. The summed E-state index contributed by atoms with van der Waals surface area (Å²) in [6, 6.07) is 6.22. The number of nitrogens with one attached hydrogen (secondary N) is 1. The van der Waals surface area contributed by atoms with Gasteiger partial charge in [-0.1, -0.05) is 0 Å². The third-order valence-corrected chi connectivity index (χ3v) is 3.29. The number of ether oxygens (including phenoxy) is 1. The molecule has 0 radical (unpaired) electrons. The predicted molar refractivity (Wildman–Crippen MR) is 67.5 cm³/mol. The zero-order valence-corrected chi connectivity index (χ0v) is 9.81. The molecule has 0 aliphatic carbocycles.